The number of carboxylic acid groups (broad SMARTS) is 1. The van der Waals surface area contributed by atoms with Crippen molar-refractivity contribution < 1.29 is 28.6 Å². The molecule has 4 rings (SSSR count). The summed E-state index contributed by atoms with van der Waals surface area (Å²) in [5.74, 6) is 0.304. The van der Waals surface area contributed by atoms with Gasteiger partial charge < -0.3 is 25.2 Å². The van der Waals surface area contributed by atoms with Gasteiger partial charge in [0.2, 0.25) is 5.91 Å². The maximum atomic E-state index is 13.3. The molecule has 0 spiro atoms. The first kappa shape index (κ1) is 32.2. The van der Waals surface area contributed by atoms with E-state index in [1.807, 2.05) is 48.5 Å². The van der Waals surface area contributed by atoms with Crippen LogP contribution >= 0.6 is 34.8 Å². The monoisotopic (exact) mass is 622 g/mol. The Hall–Kier alpha value is -3.30. The number of benzene rings is 3. The van der Waals surface area contributed by atoms with E-state index in [9.17, 15) is 9.18 Å². The van der Waals surface area contributed by atoms with Crippen LogP contribution in [0.2, 0.25) is 15.1 Å². The predicted molar refractivity (Wildman–Crippen MR) is 160 cm³/mol. The van der Waals surface area contributed by atoms with Crippen molar-refractivity contribution in [2.75, 3.05) is 32.8 Å². The highest BCUT2D eigenvalue weighted by atomic mass is 35.5. The van der Waals surface area contributed by atoms with Crippen LogP contribution in [0.4, 0.5) is 4.39 Å². The second-order valence-corrected chi connectivity index (χ2v) is 10.1. The zero-order valence-corrected chi connectivity index (χ0v) is 24.4. The van der Waals surface area contributed by atoms with Gasteiger partial charge >= 0.3 is 0 Å². The minimum absolute atomic E-state index is 0.0538. The molecule has 0 bridgehead atoms. The van der Waals surface area contributed by atoms with E-state index >= 15 is 0 Å². The Morgan fingerprint density at radius 2 is 1.66 bits per heavy atom. The lowest BCUT2D eigenvalue weighted by molar-refractivity contribution is -0.123. The zero-order valence-electron chi connectivity index (χ0n) is 22.1. The van der Waals surface area contributed by atoms with Gasteiger partial charge in [-0.2, -0.15) is 0 Å². The molecule has 0 radical (unpaired) electrons. The van der Waals surface area contributed by atoms with E-state index in [1.165, 1.54) is 0 Å². The average molecular weight is 624 g/mol. The molecule has 1 aliphatic heterocycles. The van der Waals surface area contributed by atoms with Crippen molar-refractivity contribution in [2.24, 2.45) is 0 Å². The van der Waals surface area contributed by atoms with Crippen molar-refractivity contribution >= 4 is 52.8 Å². The van der Waals surface area contributed by atoms with Crippen LogP contribution in [0.3, 0.4) is 0 Å². The maximum Gasteiger partial charge on any atom is 0.290 e. The van der Waals surface area contributed by atoms with Gasteiger partial charge in [-0.1, -0.05) is 65.1 Å². The number of rotatable bonds is 11. The second kappa shape index (κ2) is 16.8. The molecule has 1 aliphatic rings. The van der Waals surface area contributed by atoms with E-state index in [2.05, 4.69) is 10.6 Å². The minimum atomic E-state index is -0.526. The summed E-state index contributed by atoms with van der Waals surface area (Å²) < 4.78 is 24.6. The molecule has 0 fully saturated rings. The van der Waals surface area contributed by atoms with Gasteiger partial charge in [0.15, 0.2) is 5.75 Å². The third-order valence-electron chi connectivity index (χ3n) is 6.12. The molecule has 0 saturated carbocycles. The third kappa shape index (κ3) is 9.93. The summed E-state index contributed by atoms with van der Waals surface area (Å²) in [6.45, 7) is 2.09. The van der Waals surface area contributed by atoms with E-state index in [0.717, 1.165) is 65.2 Å². The number of halogens is 4. The van der Waals surface area contributed by atoms with E-state index in [-0.39, 0.29) is 41.4 Å². The van der Waals surface area contributed by atoms with Crippen LogP contribution in [-0.2, 0) is 16.0 Å². The van der Waals surface area contributed by atoms with Crippen LogP contribution < -0.4 is 20.1 Å². The molecule has 3 aromatic rings. The third-order valence-corrected chi connectivity index (χ3v) is 7.05. The lowest BCUT2D eigenvalue weighted by Crippen LogP contribution is -2.35. The first-order valence-electron chi connectivity index (χ1n) is 12.9. The van der Waals surface area contributed by atoms with Gasteiger partial charge in [0, 0.05) is 23.7 Å². The van der Waals surface area contributed by atoms with Crippen LogP contribution in [0.5, 0.6) is 11.5 Å². The molecule has 11 heteroatoms. The molecule has 41 heavy (non-hydrogen) atoms. The molecule has 0 unspecified atom stereocenters. The van der Waals surface area contributed by atoms with Gasteiger partial charge in [-0.3, -0.25) is 9.59 Å². The number of amides is 1. The SMILES string of the molecule is O=C(NCCCc1ccccc1Cl)C1=C(c2ccc(OCCOc3c(Cl)cc(F)cc3Cl)cc2)CCNC1.O=CO. The fourth-order valence-corrected chi connectivity index (χ4v) is 5.03. The molecule has 3 N–H and O–H groups in total. The summed E-state index contributed by atoms with van der Waals surface area (Å²) in [5.41, 5.74) is 3.85. The fourth-order valence-electron chi connectivity index (χ4n) is 4.23. The first-order valence-corrected chi connectivity index (χ1v) is 14.0. The highest BCUT2D eigenvalue weighted by molar-refractivity contribution is 6.37. The topological polar surface area (TPSA) is 96.9 Å². The molecule has 0 saturated heterocycles. The molecule has 0 aromatic heterocycles. The highest BCUT2D eigenvalue weighted by Crippen LogP contribution is 2.33. The first-order chi connectivity index (χ1) is 19.8. The molecule has 0 aliphatic carbocycles. The largest absolute Gasteiger partial charge is 0.490 e. The average Bonchev–Trinajstić information content (AvgIpc) is 2.96. The van der Waals surface area contributed by atoms with Crippen LogP contribution in [-0.4, -0.2) is 50.3 Å². The zero-order chi connectivity index (χ0) is 29.6. The normalized spacial score (nSPS) is 12.7. The Morgan fingerprint density at radius 1 is 1.00 bits per heavy atom. The standard InChI is InChI=1S/C29H28Cl3FN2O3.CH2O2/c30-25-6-2-1-4-20(25)5-3-12-35-29(36)24-18-34-13-11-23(24)19-7-9-22(10-8-19)37-14-15-38-28-26(31)16-21(33)17-27(28)32;2-1-3/h1-2,4,6-10,16-17,34H,3,5,11-15,18H2,(H,35,36);1H,(H,2,3). The molecule has 3 aromatic carbocycles. The number of carbonyl (C=O) groups is 2. The van der Waals surface area contributed by atoms with E-state index in [0.29, 0.717) is 18.8 Å². The van der Waals surface area contributed by atoms with Crippen molar-refractivity contribution in [1.29, 1.82) is 0 Å². The van der Waals surface area contributed by atoms with E-state index in [4.69, 9.17) is 54.2 Å². The molecule has 0 atom stereocenters. The Balaban J connectivity index is 0.00000147. The van der Waals surface area contributed by atoms with Crippen LogP contribution in [0.1, 0.15) is 24.0 Å². The van der Waals surface area contributed by atoms with Gasteiger partial charge in [0.1, 0.15) is 24.8 Å². The molecular weight excluding hydrogens is 594 g/mol. The number of hydrogen-bond donors (Lipinski definition) is 3. The van der Waals surface area contributed by atoms with Crippen molar-refractivity contribution in [3.63, 3.8) is 0 Å². The van der Waals surface area contributed by atoms with Crippen molar-refractivity contribution in [1.82, 2.24) is 10.6 Å². The van der Waals surface area contributed by atoms with Gasteiger partial charge in [-0.25, -0.2) is 4.39 Å². The summed E-state index contributed by atoms with van der Waals surface area (Å²) in [6, 6.07) is 17.7. The quantitative estimate of drug-likeness (QED) is 0.168. The van der Waals surface area contributed by atoms with Gasteiger partial charge in [-0.15, -0.1) is 0 Å². The number of aryl methyl sites for hydroxylation is 1. The molecule has 1 amide bonds. The van der Waals surface area contributed by atoms with E-state index in [1.54, 1.807) is 0 Å². The Labute approximate surface area is 253 Å². The Bertz CT molecular complexity index is 1330. The van der Waals surface area contributed by atoms with Gasteiger partial charge in [0.05, 0.1) is 10.0 Å². The van der Waals surface area contributed by atoms with E-state index < -0.39 is 5.82 Å². The highest BCUT2D eigenvalue weighted by Gasteiger charge is 2.20. The number of carbonyl (C=O) groups excluding carboxylic acids is 1. The summed E-state index contributed by atoms with van der Waals surface area (Å²) in [4.78, 5) is 21.3. The molecule has 7 nitrogen and oxygen atoms in total. The maximum absolute atomic E-state index is 13.3. The van der Waals surface area contributed by atoms with Crippen LogP contribution in [0, 0.1) is 5.82 Å². The van der Waals surface area contributed by atoms with Crippen LogP contribution in [0.15, 0.2) is 66.2 Å². The smallest absolute Gasteiger partial charge is 0.290 e. The molecular formula is C30H30Cl3FN2O5. The van der Waals surface area contributed by atoms with Gasteiger partial charge in [0.25, 0.3) is 6.47 Å². The number of ether oxygens (including phenoxy) is 2. The molecule has 1 heterocycles. The number of hydrogen-bond acceptors (Lipinski definition) is 5. The Morgan fingerprint density at radius 3 is 2.34 bits per heavy atom. The second-order valence-electron chi connectivity index (χ2n) is 8.86. The minimum Gasteiger partial charge on any atom is -0.490 e. The Kier molecular flexibility index (Phi) is 13.2. The summed E-state index contributed by atoms with van der Waals surface area (Å²) >= 11 is 18.2. The lowest BCUT2D eigenvalue weighted by atomic mass is 9.93. The summed E-state index contributed by atoms with van der Waals surface area (Å²) in [5, 5.41) is 14.2. The van der Waals surface area contributed by atoms with Crippen molar-refractivity contribution in [2.45, 2.75) is 19.3 Å². The molecule has 218 valence electrons. The predicted octanol–water partition coefficient (Wildman–Crippen LogP) is 6.44. The van der Waals surface area contributed by atoms with Crippen molar-refractivity contribution in [3.05, 3.63) is 98.2 Å². The lowest BCUT2D eigenvalue weighted by Gasteiger charge is -2.21. The number of nitrogens with one attached hydrogen (secondary N) is 2. The fraction of sp³-hybridized carbons (Fsp3) is 0.267. The summed E-state index contributed by atoms with van der Waals surface area (Å²) in [6.07, 6.45) is 2.37. The van der Waals surface area contributed by atoms with Crippen molar-refractivity contribution in [3.8, 4) is 11.5 Å². The van der Waals surface area contributed by atoms with Crippen LogP contribution in [0.25, 0.3) is 5.57 Å². The summed E-state index contributed by atoms with van der Waals surface area (Å²) in [7, 11) is 0. The van der Waals surface area contributed by atoms with Gasteiger partial charge in [-0.05, 0) is 72.8 Å².